The van der Waals surface area contributed by atoms with Crippen molar-refractivity contribution in [2.75, 3.05) is 13.1 Å². The van der Waals surface area contributed by atoms with E-state index in [0.29, 0.717) is 38.8 Å². The molecule has 0 aromatic carbocycles. The average Bonchev–Trinajstić information content (AvgIpc) is 2.16. The highest BCUT2D eigenvalue weighted by Gasteiger charge is 2.42. The lowest BCUT2D eigenvalue weighted by molar-refractivity contribution is -0.135. The molecule has 1 saturated carbocycles. The number of ketones is 2. The third kappa shape index (κ3) is 2.08. The standard InChI is InChI=1S/C11H15NO4/c13-8-5-9(14)7-11(6-8)1-3-12(4-2-11)10(15)16/h1-7H2,(H,15,16). The van der Waals surface area contributed by atoms with Crippen LogP contribution < -0.4 is 0 Å². The highest BCUT2D eigenvalue weighted by Crippen LogP contribution is 2.42. The van der Waals surface area contributed by atoms with Crippen LogP contribution in [-0.2, 0) is 9.59 Å². The van der Waals surface area contributed by atoms with Gasteiger partial charge in [0.25, 0.3) is 0 Å². The molecule has 0 aromatic rings. The molecule has 16 heavy (non-hydrogen) atoms. The lowest BCUT2D eigenvalue weighted by Crippen LogP contribution is -2.46. The molecule has 1 spiro atoms. The quantitative estimate of drug-likeness (QED) is 0.626. The van der Waals surface area contributed by atoms with Crippen molar-refractivity contribution in [3.63, 3.8) is 0 Å². The number of carboxylic acid groups (broad SMARTS) is 1. The summed E-state index contributed by atoms with van der Waals surface area (Å²) >= 11 is 0. The minimum absolute atomic E-state index is 0.0139. The highest BCUT2D eigenvalue weighted by atomic mass is 16.4. The van der Waals surface area contributed by atoms with Gasteiger partial charge in [-0.3, -0.25) is 9.59 Å². The summed E-state index contributed by atoms with van der Waals surface area (Å²) in [6, 6.07) is 0. The summed E-state index contributed by atoms with van der Waals surface area (Å²) in [6.45, 7) is 0.881. The predicted octanol–water partition coefficient (Wildman–Crippen LogP) is 1.07. The number of carbonyl (C=O) groups excluding carboxylic acids is 2. The first kappa shape index (κ1) is 11.1. The molecule has 1 N–H and O–H groups in total. The van der Waals surface area contributed by atoms with Gasteiger partial charge < -0.3 is 10.0 Å². The monoisotopic (exact) mass is 225 g/mol. The van der Waals surface area contributed by atoms with E-state index in [1.54, 1.807) is 0 Å². The number of carbonyl (C=O) groups is 3. The van der Waals surface area contributed by atoms with Gasteiger partial charge >= 0.3 is 6.09 Å². The lowest BCUT2D eigenvalue weighted by Gasteiger charge is -2.42. The molecule has 1 aliphatic carbocycles. The second-order valence-corrected chi connectivity index (χ2v) is 4.88. The van der Waals surface area contributed by atoms with E-state index in [-0.39, 0.29) is 23.4 Å². The van der Waals surface area contributed by atoms with E-state index < -0.39 is 6.09 Å². The Hall–Kier alpha value is -1.39. The molecule has 0 unspecified atom stereocenters. The lowest BCUT2D eigenvalue weighted by atomic mass is 9.67. The summed E-state index contributed by atoms with van der Waals surface area (Å²) in [4.78, 5) is 34.9. The van der Waals surface area contributed by atoms with E-state index in [1.807, 2.05) is 0 Å². The number of piperidine rings is 1. The molecule has 0 bridgehead atoms. The normalized spacial score (nSPS) is 24.9. The van der Waals surface area contributed by atoms with Crippen LogP contribution >= 0.6 is 0 Å². The Labute approximate surface area is 93.4 Å². The summed E-state index contributed by atoms with van der Waals surface area (Å²) in [6.07, 6.45) is 1.33. The SMILES string of the molecule is O=C1CC(=O)CC2(CCN(C(=O)O)CC2)C1. The van der Waals surface area contributed by atoms with Crippen LogP contribution in [-0.4, -0.2) is 40.8 Å². The Kier molecular flexibility index (Phi) is 2.69. The van der Waals surface area contributed by atoms with Crippen molar-refractivity contribution in [1.29, 1.82) is 0 Å². The summed E-state index contributed by atoms with van der Waals surface area (Å²) in [5.41, 5.74) is -0.238. The van der Waals surface area contributed by atoms with Crippen molar-refractivity contribution < 1.29 is 19.5 Å². The molecule has 5 heteroatoms. The fourth-order valence-electron chi connectivity index (χ4n) is 2.77. The van der Waals surface area contributed by atoms with Crippen molar-refractivity contribution in [3.8, 4) is 0 Å². The van der Waals surface area contributed by atoms with Crippen molar-refractivity contribution >= 4 is 17.7 Å². The van der Waals surface area contributed by atoms with E-state index in [9.17, 15) is 14.4 Å². The number of rotatable bonds is 0. The van der Waals surface area contributed by atoms with Crippen LogP contribution in [0.5, 0.6) is 0 Å². The van der Waals surface area contributed by atoms with Crippen LogP contribution in [0.15, 0.2) is 0 Å². The predicted molar refractivity (Wildman–Crippen MR) is 55.1 cm³/mol. The molecule has 1 aliphatic heterocycles. The van der Waals surface area contributed by atoms with Crippen LogP contribution in [0.25, 0.3) is 0 Å². The van der Waals surface area contributed by atoms with Gasteiger partial charge in [0.15, 0.2) is 0 Å². The number of amides is 1. The summed E-state index contributed by atoms with van der Waals surface area (Å²) in [7, 11) is 0. The van der Waals surface area contributed by atoms with Gasteiger partial charge in [-0.15, -0.1) is 0 Å². The minimum atomic E-state index is -0.914. The molecule has 0 atom stereocenters. The molecule has 0 radical (unpaired) electrons. The van der Waals surface area contributed by atoms with E-state index in [2.05, 4.69) is 0 Å². The molecule has 1 heterocycles. The summed E-state index contributed by atoms with van der Waals surface area (Å²) < 4.78 is 0. The molecular weight excluding hydrogens is 210 g/mol. The first-order valence-corrected chi connectivity index (χ1v) is 5.52. The first-order valence-electron chi connectivity index (χ1n) is 5.52. The third-order valence-electron chi connectivity index (χ3n) is 3.63. The van der Waals surface area contributed by atoms with Gasteiger partial charge in [-0.2, -0.15) is 0 Å². The molecule has 1 amide bonds. The number of Topliss-reactive ketones (excluding diaryl/α,β-unsaturated/α-hetero) is 2. The van der Waals surface area contributed by atoms with Gasteiger partial charge in [0, 0.05) is 25.9 Å². The zero-order chi connectivity index (χ0) is 11.8. The topological polar surface area (TPSA) is 74.7 Å². The van der Waals surface area contributed by atoms with Crippen LogP contribution in [0.1, 0.15) is 32.1 Å². The van der Waals surface area contributed by atoms with Crippen molar-refractivity contribution in [2.45, 2.75) is 32.1 Å². The molecule has 2 rings (SSSR count). The molecular formula is C11H15NO4. The Balaban J connectivity index is 2.03. The Morgan fingerprint density at radius 3 is 2.06 bits per heavy atom. The van der Waals surface area contributed by atoms with Crippen molar-refractivity contribution in [1.82, 2.24) is 4.90 Å². The number of hydrogen-bond acceptors (Lipinski definition) is 3. The van der Waals surface area contributed by atoms with E-state index in [4.69, 9.17) is 5.11 Å². The van der Waals surface area contributed by atoms with Crippen LogP contribution in [0, 0.1) is 5.41 Å². The molecule has 1 saturated heterocycles. The molecule has 0 aromatic heterocycles. The zero-order valence-electron chi connectivity index (χ0n) is 9.07. The molecule has 2 fully saturated rings. The van der Waals surface area contributed by atoms with E-state index in [1.165, 1.54) is 4.90 Å². The Morgan fingerprint density at radius 1 is 1.12 bits per heavy atom. The smallest absolute Gasteiger partial charge is 0.407 e. The Bertz CT molecular complexity index is 324. The van der Waals surface area contributed by atoms with Gasteiger partial charge in [-0.05, 0) is 18.3 Å². The molecule has 88 valence electrons. The van der Waals surface area contributed by atoms with Gasteiger partial charge in [0.05, 0.1) is 6.42 Å². The van der Waals surface area contributed by atoms with Gasteiger partial charge in [0.1, 0.15) is 11.6 Å². The van der Waals surface area contributed by atoms with Crippen molar-refractivity contribution in [2.24, 2.45) is 5.41 Å². The fourth-order valence-corrected chi connectivity index (χ4v) is 2.77. The first-order chi connectivity index (χ1) is 7.51. The number of hydrogen-bond donors (Lipinski definition) is 1. The van der Waals surface area contributed by atoms with Crippen LogP contribution in [0.2, 0.25) is 0 Å². The second kappa shape index (κ2) is 3.88. The minimum Gasteiger partial charge on any atom is -0.465 e. The van der Waals surface area contributed by atoms with Gasteiger partial charge in [-0.1, -0.05) is 0 Å². The summed E-state index contributed by atoms with van der Waals surface area (Å²) in [5, 5.41) is 8.82. The Morgan fingerprint density at radius 2 is 1.62 bits per heavy atom. The molecule has 5 nitrogen and oxygen atoms in total. The zero-order valence-corrected chi connectivity index (χ0v) is 9.07. The second-order valence-electron chi connectivity index (χ2n) is 4.88. The van der Waals surface area contributed by atoms with E-state index in [0.717, 1.165) is 0 Å². The average molecular weight is 225 g/mol. The molecule has 2 aliphatic rings. The van der Waals surface area contributed by atoms with Gasteiger partial charge in [-0.25, -0.2) is 4.79 Å². The largest absolute Gasteiger partial charge is 0.465 e. The van der Waals surface area contributed by atoms with E-state index >= 15 is 0 Å². The van der Waals surface area contributed by atoms with Gasteiger partial charge in [0.2, 0.25) is 0 Å². The number of likely N-dealkylation sites (tertiary alicyclic amines) is 1. The maximum absolute atomic E-state index is 11.4. The summed E-state index contributed by atoms with van der Waals surface area (Å²) in [5.74, 6) is 0.0278. The van der Waals surface area contributed by atoms with Crippen molar-refractivity contribution in [3.05, 3.63) is 0 Å². The van der Waals surface area contributed by atoms with Crippen LogP contribution in [0.4, 0.5) is 4.79 Å². The van der Waals surface area contributed by atoms with Crippen LogP contribution in [0.3, 0.4) is 0 Å². The maximum Gasteiger partial charge on any atom is 0.407 e. The highest BCUT2D eigenvalue weighted by molar-refractivity contribution is 6.02. The maximum atomic E-state index is 11.4. The third-order valence-corrected chi connectivity index (χ3v) is 3.63. The fraction of sp³-hybridized carbons (Fsp3) is 0.727. The number of nitrogens with zero attached hydrogens (tertiary/aromatic N) is 1.